The average molecular weight is 329 g/mol. The highest BCUT2D eigenvalue weighted by Crippen LogP contribution is 2.25. The number of nitrogens with zero attached hydrogens (tertiary/aromatic N) is 2. The van der Waals surface area contributed by atoms with E-state index in [-0.39, 0.29) is 11.5 Å². The first-order valence-corrected chi connectivity index (χ1v) is 6.76. The van der Waals surface area contributed by atoms with Crippen molar-refractivity contribution >= 4 is 11.8 Å². The Labute approximate surface area is 129 Å². The number of H-pyrrole nitrogens is 1. The maximum atomic E-state index is 12.7. The Morgan fingerprint density at radius 1 is 1.39 bits per heavy atom. The molecular formula is C14H14F3N3O3. The number of alkyl halides is 3. The molecule has 0 fully saturated rings. The number of carbonyl (C=O) groups is 2. The van der Waals surface area contributed by atoms with Gasteiger partial charge in [0, 0.05) is 12.6 Å². The van der Waals surface area contributed by atoms with E-state index in [1.807, 2.05) is 6.92 Å². The van der Waals surface area contributed by atoms with Crippen LogP contribution in [0, 0.1) is 0 Å². The van der Waals surface area contributed by atoms with Gasteiger partial charge in [0.2, 0.25) is 0 Å². The number of aromatic amines is 1. The van der Waals surface area contributed by atoms with Crippen LogP contribution in [-0.4, -0.2) is 39.6 Å². The van der Waals surface area contributed by atoms with E-state index in [0.29, 0.717) is 18.7 Å². The van der Waals surface area contributed by atoms with Gasteiger partial charge < -0.3 is 9.72 Å². The Balaban J connectivity index is 2.57. The molecule has 2 aromatic heterocycles. The SMILES string of the molecule is CCCc1nc(-n2cccc2C(=O)C(F)(F)F)c(C(=O)OC)[nH]1. The highest BCUT2D eigenvalue weighted by Gasteiger charge is 2.41. The molecule has 1 N–H and O–H groups in total. The van der Waals surface area contributed by atoms with Gasteiger partial charge in [-0.3, -0.25) is 9.36 Å². The molecule has 2 heterocycles. The number of hydrogen-bond donors (Lipinski definition) is 1. The second-order valence-corrected chi connectivity index (χ2v) is 4.71. The molecule has 0 aliphatic heterocycles. The van der Waals surface area contributed by atoms with Gasteiger partial charge in [-0.2, -0.15) is 13.2 Å². The van der Waals surface area contributed by atoms with Crippen LogP contribution in [0.2, 0.25) is 0 Å². The molecule has 0 saturated heterocycles. The summed E-state index contributed by atoms with van der Waals surface area (Å²) in [6, 6.07) is 2.29. The third-order valence-electron chi connectivity index (χ3n) is 3.08. The van der Waals surface area contributed by atoms with E-state index in [0.717, 1.165) is 17.7 Å². The van der Waals surface area contributed by atoms with Gasteiger partial charge in [0.25, 0.3) is 5.78 Å². The lowest BCUT2D eigenvalue weighted by atomic mass is 10.2. The van der Waals surface area contributed by atoms with E-state index < -0.39 is 23.6 Å². The molecule has 2 aromatic rings. The molecule has 0 radical (unpaired) electrons. The van der Waals surface area contributed by atoms with Gasteiger partial charge in [-0.25, -0.2) is 9.78 Å². The fraction of sp³-hybridized carbons (Fsp3) is 0.357. The summed E-state index contributed by atoms with van der Waals surface area (Å²) >= 11 is 0. The number of carbonyl (C=O) groups excluding carboxylic acids is 2. The molecule has 0 atom stereocenters. The van der Waals surface area contributed by atoms with Crippen molar-refractivity contribution in [2.75, 3.05) is 7.11 Å². The van der Waals surface area contributed by atoms with Gasteiger partial charge in [-0.05, 0) is 18.6 Å². The zero-order chi connectivity index (χ0) is 17.2. The smallest absolute Gasteiger partial charge is 0.456 e. The van der Waals surface area contributed by atoms with Crippen molar-refractivity contribution in [3.63, 3.8) is 0 Å². The van der Waals surface area contributed by atoms with E-state index in [4.69, 9.17) is 0 Å². The summed E-state index contributed by atoms with van der Waals surface area (Å²) in [5, 5.41) is 0. The monoisotopic (exact) mass is 329 g/mol. The molecule has 0 aromatic carbocycles. The zero-order valence-corrected chi connectivity index (χ0v) is 12.4. The van der Waals surface area contributed by atoms with Crippen molar-refractivity contribution in [1.82, 2.24) is 14.5 Å². The number of methoxy groups -OCH3 is 1. The first-order valence-electron chi connectivity index (χ1n) is 6.76. The Hall–Kier alpha value is -2.58. The highest BCUT2D eigenvalue weighted by molar-refractivity contribution is 6.00. The Bertz CT molecular complexity index is 731. The lowest BCUT2D eigenvalue weighted by molar-refractivity contribution is -0.0889. The molecule has 6 nitrogen and oxygen atoms in total. The normalized spacial score (nSPS) is 11.5. The molecule has 0 unspecified atom stereocenters. The third kappa shape index (κ3) is 3.27. The lowest BCUT2D eigenvalue weighted by Gasteiger charge is -2.09. The van der Waals surface area contributed by atoms with Crippen LogP contribution in [0.25, 0.3) is 5.82 Å². The summed E-state index contributed by atoms with van der Waals surface area (Å²) in [7, 11) is 1.14. The van der Waals surface area contributed by atoms with Crippen LogP contribution in [0.5, 0.6) is 0 Å². The fourth-order valence-electron chi connectivity index (χ4n) is 2.08. The molecule has 0 aliphatic rings. The Kier molecular flexibility index (Phi) is 4.57. The molecular weight excluding hydrogens is 315 g/mol. The molecule has 0 aliphatic carbocycles. The molecule has 0 amide bonds. The predicted molar refractivity (Wildman–Crippen MR) is 73.6 cm³/mol. The zero-order valence-electron chi connectivity index (χ0n) is 12.4. The van der Waals surface area contributed by atoms with Crippen molar-refractivity contribution in [3.8, 4) is 5.82 Å². The minimum Gasteiger partial charge on any atom is -0.464 e. The Morgan fingerprint density at radius 2 is 2.09 bits per heavy atom. The molecule has 2 rings (SSSR count). The van der Waals surface area contributed by atoms with E-state index in [2.05, 4.69) is 14.7 Å². The van der Waals surface area contributed by atoms with Crippen molar-refractivity contribution in [1.29, 1.82) is 0 Å². The fourth-order valence-corrected chi connectivity index (χ4v) is 2.08. The number of ether oxygens (including phenoxy) is 1. The van der Waals surface area contributed by atoms with Crippen LogP contribution in [0.15, 0.2) is 18.3 Å². The molecule has 9 heteroatoms. The quantitative estimate of drug-likeness (QED) is 0.676. The number of Topliss-reactive ketones (excluding diaryl/α,β-unsaturated/α-hetero) is 1. The van der Waals surface area contributed by atoms with E-state index >= 15 is 0 Å². The highest BCUT2D eigenvalue weighted by atomic mass is 19.4. The molecule has 0 bridgehead atoms. The van der Waals surface area contributed by atoms with Gasteiger partial charge >= 0.3 is 12.1 Å². The Morgan fingerprint density at radius 3 is 2.65 bits per heavy atom. The van der Waals surface area contributed by atoms with Gasteiger partial charge in [0.1, 0.15) is 5.82 Å². The summed E-state index contributed by atoms with van der Waals surface area (Å²) in [6.45, 7) is 1.88. The van der Waals surface area contributed by atoms with E-state index in [1.54, 1.807) is 0 Å². The molecule has 0 spiro atoms. The van der Waals surface area contributed by atoms with Crippen molar-refractivity contribution in [2.45, 2.75) is 25.9 Å². The van der Waals surface area contributed by atoms with Gasteiger partial charge in [0.05, 0.1) is 12.8 Å². The summed E-state index contributed by atoms with van der Waals surface area (Å²) in [5.41, 5.74) is -0.736. The minimum absolute atomic E-state index is 0.0992. The maximum absolute atomic E-state index is 12.7. The second-order valence-electron chi connectivity index (χ2n) is 4.71. The number of hydrogen-bond acceptors (Lipinski definition) is 4. The number of esters is 1. The van der Waals surface area contributed by atoms with Crippen molar-refractivity contribution in [3.05, 3.63) is 35.5 Å². The number of rotatable bonds is 5. The summed E-state index contributed by atoms with van der Waals surface area (Å²) in [6.07, 6.45) is -2.58. The summed E-state index contributed by atoms with van der Waals surface area (Å²) in [4.78, 5) is 30.2. The predicted octanol–water partition coefficient (Wildman–Crippen LogP) is 2.68. The van der Waals surface area contributed by atoms with Crippen LogP contribution in [-0.2, 0) is 11.2 Å². The largest absolute Gasteiger partial charge is 0.464 e. The molecule has 124 valence electrons. The van der Waals surface area contributed by atoms with E-state index in [1.165, 1.54) is 12.3 Å². The molecule has 23 heavy (non-hydrogen) atoms. The van der Waals surface area contributed by atoms with Crippen molar-refractivity contribution in [2.24, 2.45) is 0 Å². The number of halogens is 3. The van der Waals surface area contributed by atoms with Gasteiger partial charge in [0.15, 0.2) is 11.5 Å². The topological polar surface area (TPSA) is 77.0 Å². The van der Waals surface area contributed by atoms with Crippen LogP contribution in [0.3, 0.4) is 0 Å². The minimum atomic E-state index is -5.02. The lowest BCUT2D eigenvalue weighted by Crippen LogP contribution is -2.25. The maximum Gasteiger partial charge on any atom is 0.456 e. The van der Waals surface area contributed by atoms with Crippen LogP contribution >= 0.6 is 0 Å². The number of nitrogens with one attached hydrogen (secondary N) is 1. The summed E-state index contributed by atoms with van der Waals surface area (Å²) in [5.74, 6) is -2.48. The number of imidazole rings is 1. The first-order chi connectivity index (χ1) is 10.8. The first kappa shape index (κ1) is 16.8. The average Bonchev–Trinajstić information content (AvgIpc) is 3.11. The van der Waals surface area contributed by atoms with Crippen LogP contribution in [0.1, 0.15) is 40.1 Å². The van der Waals surface area contributed by atoms with Gasteiger partial charge in [-0.15, -0.1) is 0 Å². The second kappa shape index (κ2) is 6.27. The number of aromatic nitrogens is 3. The number of ketones is 1. The van der Waals surface area contributed by atoms with Crippen LogP contribution in [0.4, 0.5) is 13.2 Å². The summed E-state index contributed by atoms with van der Waals surface area (Å²) < 4.78 is 43.6. The van der Waals surface area contributed by atoms with Crippen LogP contribution < -0.4 is 0 Å². The third-order valence-corrected chi connectivity index (χ3v) is 3.08. The van der Waals surface area contributed by atoms with E-state index in [9.17, 15) is 22.8 Å². The van der Waals surface area contributed by atoms with Crippen molar-refractivity contribution < 1.29 is 27.5 Å². The van der Waals surface area contributed by atoms with Gasteiger partial charge in [-0.1, -0.05) is 6.92 Å². The number of aryl methyl sites for hydroxylation is 1. The molecule has 0 saturated carbocycles. The standard InChI is InChI=1S/C14H14F3N3O3/c1-3-5-9-18-10(13(22)23-2)12(19-9)20-7-4-6-8(20)11(21)14(15,16)17/h4,6-7H,3,5H2,1-2H3,(H,18,19).